The van der Waals surface area contributed by atoms with E-state index in [1.54, 1.807) is 0 Å². The van der Waals surface area contributed by atoms with Crippen LogP contribution in [0.3, 0.4) is 0 Å². The third-order valence-corrected chi connectivity index (χ3v) is 4.33. The van der Waals surface area contributed by atoms with Crippen LogP contribution < -0.4 is 10.6 Å². The summed E-state index contributed by atoms with van der Waals surface area (Å²) >= 11 is 0. The average Bonchev–Trinajstić information content (AvgIpc) is 2.96. The molecule has 20 heavy (non-hydrogen) atoms. The van der Waals surface area contributed by atoms with Crippen LogP contribution in [-0.2, 0) is 0 Å². The monoisotopic (exact) mass is 293 g/mol. The molecule has 0 aromatic heterocycles. The van der Waals surface area contributed by atoms with Gasteiger partial charge in [0, 0.05) is 18.6 Å². The maximum Gasteiger partial charge on any atom is 0.401 e. The van der Waals surface area contributed by atoms with Gasteiger partial charge < -0.3 is 10.6 Å². The molecule has 0 saturated carbocycles. The lowest BCUT2D eigenvalue weighted by molar-refractivity contribution is -0.143. The van der Waals surface area contributed by atoms with E-state index in [4.69, 9.17) is 0 Å². The van der Waals surface area contributed by atoms with Gasteiger partial charge in [-0.15, -0.1) is 0 Å². The third-order valence-electron chi connectivity index (χ3n) is 4.33. The zero-order valence-electron chi connectivity index (χ0n) is 12.2. The molecule has 0 bridgehead atoms. The van der Waals surface area contributed by atoms with Crippen LogP contribution in [0.15, 0.2) is 0 Å². The van der Waals surface area contributed by atoms with Crippen LogP contribution in [0.1, 0.15) is 32.6 Å². The van der Waals surface area contributed by atoms with Gasteiger partial charge in [-0.1, -0.05) is 0 Å². The van der Waals surface area contributed by atoms with Crippen LogP contribution >= 0.6 is 0 Å². The van der Waals surface area contributed by atoms with Crippen molar-refractivity contribution < 1.29 is 13.2 Å². The Labute approximate surface area is 119 Å². The predicted molar refractivity (Wildman–Crippen MR) is 73.7 cm³/mol. The smallest absolute Gasteiger partial charge is 0.314 e. The highest BCUT2D eigenvalue weighted by molar-refractivity contribution is 4.82. The summed E-state index contributed by atoms with van der Waals surface area (Å²) in [5.74, 6) is 0.358. The summed E-state index contributed by atoms with van der Waals surface area (Å²) in [7, 11) is 0. The maximum atomic E-state index is 12.3. The molecule has 0 spiro atoms. The van der Waals surface area contributed by atoms with Crippen LogP contribution in [0.25, 0.3) is 0 Å². The number of hydrogen-bond acceptors (Lipinski definition) is 3. The number of hydrogen-bond donors (Lipinski definition) is 2. The van der Waals surface area contributed by atoms with Gasteiger partial charge in [0.1, 0.15) is 0 Å². The molecule has 3 atom stereocenters. The third kappa shape index (κ3) is 5.58. The molecule has 2 saturated heterocycles. The highest BCUT2D eigenvalue weighted by Gasteiger charge is 2.34. The largest absolute Gasteiger partial charge is 0.401 e. The van der Waals surface area contributed by atoms with E-state index in [9.17, 15) is 13.2 Å². The summed E-state index contributed by atoms with van der Waals surface area (Å²) in [6.45, 7) is 4.51. The molecule has 0 aromatic rings. The van der Waals surface area contributed by atoms with Gasteiger partial charge in [0.15, 0.2) is 0 Å². The minimum atomic E-state index is -4.07. The summed E-state index contributed by atoms with van der Waals surface area (Å²) in [6, 6.07) is 1.05. The van der Waals surface area contributed by atoms with E-state index >= 15 is 0 Å². The molecule has 0 aromatic carbocycles. The Hall–Kier alpha value is -0.330. The van der Waals surface area contributed by atoms with Gasteiger partial charge in [-0.2, -0.15) is 13.2 Å². The van der Waals surface area contributed by atoms with Gasteiger partial charge in [-0.05, 0) is 58.2 Å². The Morgan fingerprint density at radius 1 is 1.35 bits per heavy atom. The lowest BCUT2D eigenvalue weighted by Gasteiger charge is -2.21. The minimum Gasteiger partial charge on any atom is -0.314 e. The fourth-order valence-corrected chi connectivity index (χ4v) is 3.31. The summed E-state index contributed by atoms with van der Waals surface area (Å²) in [4.78, 5) is 1.52. The van der Waals surface area contributed by atoms with Crippen molar-refractivity contribution in [1.82, 2.24) is 15.5 Å². The van der Waals surface area contributed by atoms with Gasteiger partial charge in [0.2, 0.25) is 0 Å². The Morgan fingerprint density at radius 3 is 2.80 bits per heavy atom. The van der Waals surface area contributed by atoms with Crippen LogP contribution in [0.5, 0.6) is 0 Å². The summed E-state index contributed by atoms with van der Waals surface area (Å²) in [5, 5.41) is 6.96. The van der Waals surface area contributed by atoms with E-state index in [1.807, 2.05) is 0 Å². The first kappa shape index (κ1) is 16.0. The van der Waals surface area contributed by atoms with Crippen molar-refractivity contribution in [1.29, 1.82) is 0 Å². The molecule has 2 aliphatic heterocycles. The molecule has 2 heterocycles. The summed E-state index contributed by atoms with van der Waals surface area (Å²) in [5.41, 5.74) is 0. The van der Waals surface area contributed by atoms with Gasteiger partial charge >= 0.3 is 6.18 Å². The van der Waals surface area contributed by atoms with Gasteiger partial charge in [-0.25, -0.2) is 0 Å². The Bertz CT molecular complexity index is 290. The fourth-order valence-electron chi connectivity index (χ4n) is 3.31. The van der Waals surface area contributed by atoms with E-state index < -0.39 is 12.7 Å². The number of halogens is 3. The molecule has 6 heteroatoms. The number of rotatable bonds is 6. The van der Waals surface area contributed by atoms with E-state index in [1.165, 1.54) is 17.7 Å². The predicted octanol–water partition coefficient (Wildman–Crippen LogP) is 1.99. The second-order valence-corrected chi connectivity index (χ2v) is 6.34. The standard InChI is InChI=1S/C14H26F3N3/c1-11(7-13-3-2-5-18-13)19-8-12-4-6-20(9-12)10-14(15,16)17/h11-13,18-19H,2-10H2,1H3. The van der Waals surface area contributed by atoms with Crippen LogP contribution in [-0.4, -0.2) is 55.9 Å². The molecule has 3 nitrogen and oxygen atoms in total. The van der Waals surface area contributed by atoms with E-state index in [0.717, 1.165) is 25.9 Å². The Balaban J connectivity index is 1.60. The molecule has 118 valence electrons. The second-order valence-electron chi connectivity index (χ2n) is 6.34. The molecule has 2 N–H and O–H groups in total. The van der Waals surface area contributed by atoms with Crippen molar-refractivity contribution in [2.24, 2.45) is 5.92 Å². The lowest BCUT2D eigenvalue weighted by Crippen LogP contribution is -2.37. The highest BCUT2D eigenvalue weighted by Crippen LogP contribution is 2.22. The zero-order valence-corrected chi connectivity index (χ0v) is 12.2. The molecule has 0 aliphatic carbocycles. The van der Waals surface area contributed by atoms with Crippen LogP contribution in [0, 0.1) is 5.92 Å². The van der Waals surface area contributed by atoms with Crippen molar-refractivity contribution >= 4 is 0 Å². The first-order valence-corrected chi connectivity index (χ1v) is 7.68. The van der Waals surface area contributed by atoms with Gasteiger partial charge in [-0.3, -0.25) is 4.90 Å². The first-order chi connectivity index (χ1) is 9.42. The highest BCUT2D eigenvalue weighted by atomic mass is 19.4. The number of alkyl halides is 3. The number of nitrogens with one attached hydrogen (secondary N) is 2. The molecule has 2 aliphatic rings. The Kier molecular flexibility index (Phi) is 5.69. The quantitative estimate of drug-likeness (QED) is 0.784. The topological polar surface area (TPSA) is 27.3 Å². The molecular weight excluding hydrogens is 267 g/mol. The van der Waals surface area contributed by atoms with Crippen molar-refractivity contribution in [2.75, 3.05) is 32.7 Å². The molecular formula is C14H26F3N3. The minimum absolute atomic E-state index is 0.358. The van der Waals surface area contributed by atoms with Crippen LogP contribution in [0.2, 0.25) is 0 Å². The summed E-state index contributed by atoms with van der Waals surface area (Å²) in [6.07, 6.45) is 0.418. The number of likely N-dealkylation sites (tertiary alicyclic amines) is 1. The van der Waals surface area contributed by atoms with Gasteiger partial charge in [0.25, 0.3) is 0 Å². The fraction of sp³-hybridized carbons (Fsp3) is 1.00. The number of nitrogens with zero attached hydrogens (tertiary/aromatic N) is 1. The molecule has 2 fully saturated rings. The van der Waals surface area contributed by atoms with E-state index in [0.29, 0.717) is 31.1 Å². The molecule has 0 amide bonds. The molecule has 0 radical (unpaired) electrons. The van der Waals surface area contributed by atoms with Crippen molar-refractivity contribution in [3.8, 4) is 0 Å². The van der Waals surface area contributed by atoms with Crippen molar-refractivity contribution in [3.05, 3.63) is 0 Å². The van der Waals surface area contributed by atoms with Gasteiger partial charge in [0.05, 0.1) is 6.54 Å². The van der Waals surface area contributed by atoms with E-state index in [-0.39, 0.29) is 0 Å². The zero-order chi connectivity index (χ0) is 14.6. The molecule has 2 rings (SSSR count). The first-order valence-electron chi connectivity index (χ1n) is 7.68. The summed E-state index contributed by atoms with van der Waals surface area (Å²) < 4.78 is 36.9. The van der Waals surface area contributed by atoms with Crippen molar-refractivity contribution in [3.63, 3.8) is 0 Å². The Morgan fingerprint density at radius 2 is 2.15 bits per heavy atom. The maximum absolute atomic E-state index is 12.3. The lowest BCUT2D eigenvalue weighted by atomic mass is 10.1. The molecule has 3 unspecified atom stereocenters. The SMILES string of the molecule is CC(CC1CCCN1)NCC1CCN(CC(F)(F)F)C1. The van der Waals surface area contributed by atoms with Crippen LogP contribution in [0.4, 0.5) is 13.2 Å². The normalized spacial score (nSPS) is 30.0. The average molecular weight is 293 g/mol. The van der Waals surface area contributed by atoms with E-state index in [2.05, 4.69) is 17.6 Å². The van der Waals surface area contributed by atoms with Crippen molar-refractivity contribution in [2.45, 2.75) is 50.9 Å². The second kappa shape index (κ2) is 7.09.